The van der Waals surface area contributed by atoms with Crippen LogP contribution >= 0.6 is 0 Å². The molecule has 0 saturated carbocycles. The van der Waals surface area contributed by atoms with Crippen LogP contribution in [-0.2, 0) is 13.0 Å². The van der Waals surface area contributed by atoms with Crippen molar-refractivity contribution >= 4 is 11.0 Å². The minimum atomic E-state index is -0.650. The van der Waals surface area contributed by atoms with Gasteiger partial charge in [-0.2, -0.15) is 4.98 Å². The number of aryl methyl sites for hydroxylation is 1. The summed E-state index contributed by atoms with van der Waals surface area (Å²) in [7, 11) is 0. The molecule has 0 aromatic heterocycles. The maximum atomic E-state index is 12.5. The number of rotatable bonds is 5. The second-order valence-electron chi connectivity index (χ2n) is 9.47. The Morgan fingerprint density at radius 2 is 1.74 bits per heavy atom. The molecule has 0 fully saturated rings. The Morgan fingerprint density at radius 1 is 1.03 bits per heavy atom. The van der Waals surface area contributed by atoms with Gasteiger partial charge in [0.1, 0.15) is 0 Å². The van der Waals surface area contributed by atoms with E-state index in [-0.39, 0.29) is 11.1 Å². The van der Waals surface area contributed by atoms with Gasteiger partial charge in [0.2, 0.25) is 0 Å². The van der Waals surface area contributed by atoms with E-state index in [4.69, 9.17) is 0 Å². The van der Waals surface area contributed by atoms with Gasteiger partial charge < -0.3 is 4.57 Å². The molecule has 2 aromatic carbocycles. The van der Waals surface area contributed by atoms with Crippen molar-refractivity contribution < 1.29 is 0 Å². The molecule has 0 radical (unpaired) electrons. The molecule has 0 atom stereocenters. The van der Waals surface area contributed by atoms with E-state index < -0.39 is 11.2 Å². The van der Waals surface area contributed by atoms with Crippen molar-refractivity contribution in [3.63, 3.8) is 0 Å². The van der Waals surface area contributed by atoms with Gasteiger partial charge in [-0.3, -0.25) is 9.78 Å². The first-order valence-electron chi connectivity index (χ1n) is 10.6. The van der Waals surface area contributed by atoms with Crippen LogP contribution in [0.3, 0.4) is 0 Å². The summed E-state index contributed by atoms with van der Waals surface area (Å²) in [6.45, 7) is 11.3. The maximum absolute atomic E-state index is 12.5. The van der Waals surface area contributed by atoms with Gasteiger partial charge in [-0.15, -0.1) is 0 Å². The third kappa shape index (κ3) is 4.29. The van der Waals surface area contributed by atoms with Crippen LogP contribution in [0.2, 0.25) is 0 Å². The van der Waals surface area contributed by atoms with Gasteiger partial charge in [-0.1, -0.05) is 63.6 Å². The van der Waals surface area contributed by atoms with Crippen molar-refractivity contribution in [1.82, 2.24) is 19.5 Å². The first-order valence-corrected chi connectivity index (χ1v) is 10.6. The first kappa shape index (κ1) is 21.0. The second-order valence-corrected chi connectivity index (χ2v) is 9.47. The normalized spacial score (nSPS) is 12.2. The number of aromatic nitrogens is 4. The molecule has 6 heteroatoms. The van der Waals surface area contributed by atoms with Gasteiger partial charge >= 0.3 is 5.69 Å². The monoisotopic (exact) mass is 416 g/mol. The largest absolute Gasteiger partial charge is 0.349 e. The van der Waals surface area contributed by atoms with E-state index in [9.17, 15) is 9.59 Å². The number of hydrogen-bond donors (Lipinski definition) is 1. The fourth-order valence-electron chi connectivity index (χ4n) is 4.08. The molecule has 4 rings (SSSR count). The number of hydrogen-bond acceptors (Lipinski definition) is 4. The van der Waals surface area contributed by atoms with E-state index in [0.29, 0.717) is 18.3 Å². The molecule has 31 heavy (non-hydrogen) atoms. The Hall–Kier alpha value is -3.28. The van der Waals surface area contributed by atoms with Crippen LogP contribution in [0, 0.1) is 12.3 Å². The Morgan fingerprint density at radius 3 is 2.42 bits per heavy atom. The molecule has 0 saturated heterocycles. The highest BCUT2D eigenvalue weighted by Gasteiger charge is 2.25. The maximum Gasteiger partial charge on any atom is 0.349 e. The Kier molecular flexibility index (Phi) is 5.25. The Balaban J connectivity index is 1.88. The van der Waals surface area contributed by atoms with Crippen LogP contribution < -0.4 is 11.2 Å². The average Bonchev–Trinajstić information content (AvgIpc) is 2.69. The van der Waals surface area contributed by atoms with E-state index >= 15 is 0 Å². The third-order valence-electron chi connectivity index (χ3n) is 5.69. The van der Waals surface area contributed by atoms with Crippen LogP contribution in [0.1, 0.15) is 50.3 Å². The zero-order chi connectivity index (χ0) is 22.3. The first-order chi connectivity index (χ1) is 14.6. The molecule has 0 aliphatic carbocycles. The SMILES string of the molecule is Cc1ccc(CC(C)(C)Cn2c3nc(=O)[nH]c(=O)c-3nc3cc(C(C)C)ccc32)cc1. The molecular formula is C25H28N4O2. The summed E-state index contributed by atoms with van der Waals surface area (Å²) in [5, 5.41) is 0. The highest BCUT2D eigenvalue weighted by atomic mass is 16.2. The van der Waals surface area contributed by atoms with Gasteiger partial charge in [-0.25, -0.2) is 9.78 Å². The number of H-pyrrole nitrogens is 1. The third-order valence-corrected chi connectivity index (χ3v) is 5.69. The standard InChI is InChI=1S/C25H28N4O2/c1-15(2)18-10-11-20-19(12-18)26-21-22(27-24(31)28-23(21)30)29(20)14-25(4,5)13-17-8-6-16(3)7-9-17/h6-12,15H,13-14H2,1-5H3,(H,28,30,31). The summed E-state index contributed by atoms with van der Waals surface area (Å²) in [6.07, 6.45) is 0.850. The molecule has 2 aromatic rings. The Bertz CT molecular complexity index is 1330. The van der Waals surface area contributed by atoms with Crippen molar-refractivity contribution in [1.29, 1.82) is 0 Å². The number of aromatic amines is 1. The van der Waals surface area contributed by atoms with Gasteiger partial charge in [0.25, 0.3) is 5.56 Å². The van der Waals surface area contributed by atoms with E-state index in [2.05, 4.69) is 79.9 Å². The summed E-state index contributed by atoms with van der Waals surface area (Å²) in [5.41, 5.74) is 4.12. The molecule has 0 unspecified atom stereocenters. The number of nitrogens with one attached hydrogen (secondary N) is 1. The van der Waals surface area contributed by atoms with Crippen LogP contribution in [0.25, 0.3) is 22.6 Å². The van der Waals surface area contributed by atoms with Gasteiger partial charge in [0.15, 0.2) is 11.5 Å². The molecule has 6 nitrogen and oxygen atoms in total. The fraction of sp³-hybridized carbons (Fsp3) is 0.360. The zero-order valence-corrected chi connectivity index (χ0v) is 18.7. The summed E-state index contributed by atoms with van der Waals surface area (Å²) in [5.74, 6) is 0.671. The molecule has 0 bridgehead atoms. The van der Waals surface area contributed by atoms with Crippen molar-refractivity contribution in [2.75, 3.05) is 0 Å². The van der Waals surface area contributed by atoms with Crippen molar-refractivity contribution in [3.05, 3.63) is 80.0 Å². The van der Waals surface area contributed by atoms with Crippen LogP contribution in [-0.4, -0.2) is 19.5 Å². The number of nitrogens with zero attached hydrogens (tertiary/aromatic N) is 3. The quantitative estimate of drug-likeness (QED) is 0.492. The van der Waals surface area contributed by atoms with Crippen LogP contribution in [0.15, 0.2) is 52.1 Å². The van der Waals surface area contributed by atoms with Crippen LogP contribution in [0.5, 0.6) is 0 Å². The lowest BCUT2D eigenvalue weighted by Gasteiger charge is -2.29. The molecule has 2 heterocycles. The predicted molar refractivity (Wildman–Crippen MR) is 124 cm³/mol. The lowest BCUT2D eigenvalue weighted by Crippen LogP contribution is -2.31. The average molecular weight is 417 g/mol. The molecular weight excluding hydrogens is 388 g/mol. The minimum absolute atomic E-state index is 0.148. The molecule has 0 spiro atoms. The molecule has 2 aliphatic heterocycles. The van der Waals surface area contributed by atoms with Gasteiger partial charge in [-0.05, 0) is 47.9 Å². The summed E-state index contributed by atoms with van der Waals surface area (Å²) in [6, 6.07) is 14.7. The van der Waals surface area contributed by atoms with Crippen LogP contribution in [0.4, 0.5) is 0 Å². The van der Waals surface area contributed by atoms with Crippen molar-refractivity contribution in [2.24, 2.45) is 5.41 Å². The van der Waals surface area contributed by atoms with E-state index in [1.165, 1.54) is 11.1 Å². The zero-order valence-electron chi connectivity index (χ0n) is 18.7. The molecule has 2 aliphatic rings. The minimum Gasteiger partial charge on any atom is -0.322 e. The van der Waals surface area contributed by atoms with E-state index in [1.54, 1.807) is 0 Å². The predicted octanol–water partition coefficient (Wildman–Crippen LogP) is 4.29. The second kappa shape index (κ2) is 7.76. The molecule has 0 amide bonds. The molecule has 1 N–H and O–H groups in total. The molecule has 160 valence electrons. The Labute approximate surface area is 181 Å². The smallest absolute Gasteiger partial charge is 0.322 e. The van der Waals surface area contributed by atoms with Crippen molar-refractivity contribution in [2.45, 2.75) is 53.5 Å². The summed E-state index contributed by atoms with van der Waals surface area (Å²) < 4.78 is 1.98. The lowest BCUT2D eigenvalue weighted by atomic mass is 9.85. The fourth-order valence-corrected chi connectivity index (χ4v) is 4.08. The van der Waals surface area contributed by atoms with Crippen molar-refractivity contribution in [3.8, 4) is 11.5 Å². The number of benzene rings is 2. The van der Waals surface area contributed by atoms with Gasteiger partial charge in [0.05, 0.1) is 11.0 Å². The van der Waals surface area contributed by atoms with E-state index in [0.717, 1.165) is 23.0 Å². The highest BCUT2D eigenvalue weighted by Crippen LogP contribution is 2.30. The summed E-state index contributed by atoms with van der Waals surface area (Å²) >= 11 is 0. The van der Waals surface area contributed by atoms with Gasteiger partial charge in [0, 0.05) is 6.54 Å². The van der Waals surface area contributed by atoms with E-state index in [1.807, 2.05) is 16.7 Å². The highest BCUT2D eigenvalue weighted by molar-refractivity contribution is 5.80. The number of fused-ring (bicyclic) bond motifs is 2. The lowest BCUT2D eigenvalue weighted by molar-refractivity contribution is 0.307. The topological polar surface area (TPSA) is 80.6 Å². The summed E-state index contributed by atoms with van der Waals surface area (Å²) in [4.78, 5) is 35.5.